The number of hydrogen-bond donors (Lipinski definition) is 1. The molecule has 3 aromatic carbocycles. The summed E-state index contributed by atoms with van der Waals surface area (Å²) >= 11 is 9.29. The molecule has 1 N–H and O–H groups in total. The Bertz CT molecular complexity index is 1160. The van der Waals surface area contributed by atoms with Gasteiger partial charge in [0.05, 0.1) is 11.6 Å². The Balaban J connectivity index is 1.93. The number of aliphatic hydroxyl groups is 1. The van der Waals surface area contributed by atoms with Crippen LogP contribution in [0.1, 0.15) is 17.2 Å². The first kappa shape index (κ1) is 20.3. The Kier molecular flexibility index (Phi) is 5.45. The standard InChI is InChI=1S/C23H14BrClFNO3/c24-15-5-1-14(2-6-15)21(28)19-20(13-3-9-17(26)10-4-13)27(23(30)22(19)29)18-11-7-16(25)8-12-18/h1-12,20,28H/b21-19+. The van der Waals surface area contributed by atoms with E-state index in [-0.39, 0.29) is 11.3 Å². The molecule has 3 aromatic rings. The number of anilines is 1. The Hall–Kier alpha value is -2.96. The molecule has 1 aliphatic heterocycles. The first-order valence-electron chi connectivity index (χ1n) is 8.95. The maximum Gasteiger partial charge on any atom is 0.300 e. The van der Waals surface area contributed by atoms with Crippen LogP contribution in [0.5, 0.6) is 0 Å². The molecule has 0 aromatic heterocycles. The highest BCUT2D eigenvalue weighted by atomic mass is 79.9. The van der Waals surface area contributed by atoms with Gasteiger partial charge in [0.15, 0.2) is 0 Å². The summed E-state index contributed by atoms with van der Waals surface area (Å²) < 4.78 is 14.3. The smallest absolute Gasteiger partial charge is 0.300 e. The Morgan fingerprint density at radius 2 is 1.53 bits per heavy atom. The zero-order valence-corrected chi connectivity index (χ0v) is 17.7. The van der Waals surface area contributed by atoms with E-state index < -0.39 is 23.5 Å². The highest BCUT2D eigenvalue weighted by Crippen LogP contribution is 2.42. The van der Waals surface area contributed by atoms with Gasteiger partial charge >= 0.3 is 0 Å². The van der Waals surface area contributed by atoms with Crippen LogP contribution in [0, 0.1) is 5.82 Å². The van der Waals surface area contributed by atoms with Gasteiger partial charge in [-0.3, -0.25) is 14.5 Å². The minimum atomic E-state index is -0.921. The highest BCUT2D eigenvalue weighted by molar-refractivity contribution is 9.10. The number of halogens is 3. The van der Waals surface area contributed by atoms with E-state index in [0.717, 1.165) is 4.47 Å². The lowest BCUT2D eigenvalue weighted by Crippen LogP contribution is -2.29. The lowest BCUT2D eigenvalue weighted by molar-refractivity contribution is -0.132. The third kappa shape index (κ3) is 3.64. The van der Waals surface area contributed by atoms with Gasteiger partial charge in [0.2, 0.25) is 0 Å². The van der Waals surface area contributed by atoms with E-state index in [0.29, 0.717) is 21.8 Å². The molecule has 4 rings (SSSR count). The van der Waals surface area contributed by atoms with Crippen molar-refractivity contribution in [2.24, 2.45) is 0 Å². The van der Waals surface area contributed by atoms with Crippen LogP contribution >= 0.6 is 27.5 Å². The fourth-order valence-electron chi connectivity index (χ4n) is 3.42. The van der Waals surface area contributed by atoms with E-state index in [1.54, 1.807) is 48.5 Å². The van der Waals surface area contributed by atoms with Crippen LogP contribution in [-0.4, -0.2) is 16.8 Å². The Morgan fingerprint density at radius 1 is 0.933 bits per heavy atom. The van der Waals surface area contributed by atoms with Gasteiger partial charge in [0, 0.05) is 20.7 Å². The second-order valence-electron chi connectivity index (χ2n) is 6.70. The van der Waals surface area contributed by atoms with Crippen LogP contribution in [-0.2, 0) is 9.59 Å². The summed E-state index contributed by atoms with van der Waals surface area (Å²) in [6.45, 7) is 0. The molecule has 1 heterocycles. The summed E-state index contributed by atoms with van der Waals surface area (Å²) in [6.07, 6.45) is 0. The van der Waals surface area contributed by atoms with Crippen molar-refractivity contribution in [1.29, 1.82) is 0 Å². The minimum Gasteiger partial charge on any atom is -0.507 e. The predicted octanol–water partition coefficient (Wildman–Crippen LogP) is 5.87. The molecule has 0 saturated carbocycles. The molecule has 1 aliphatic rings. The van der Waals surface area contributed by atoms with Crippen LogP contribution in [0.3, 0.4) is 0 Å². The molecular formula is C23H14BrClFNO3. The van der Waals surface area contributed by atoms with Crippen molar-refractivity contribution >= 4 is 50.7 Å². The van der Waals surface area contributed by atoms with E-state index in [2.05, 4.69) is 15.9 Å². The van der Waals surface area contributed by atoms with Crippen molar-refractivity contribution < 1.29 is 19.1 Å². The van der Waals surface area contributed by atoms with Crippen LogP contribution in [0.4, 0.5) is 10.1 Å². The molecule has 1 fully saturated rings. The fourth-order valence-corrected chi connectivity index (χ4v) is 3.81. The van der Waals surface area contributed by atoms with Crippen LogP contribution in [0.25, 0.3) is 5.76 Å². The number of ketones is 1. The number of carbonyl (C=O) groups excluding carboxylic acids is 2. The third-order valence-corrected chi connectivity index (χ3v) is 5.63. The highest BCUT2D eigenvalue weighted by Gasteiger charge is 2.46. The largest absolute Gasteiger partial charge is 0.507 e. The number of amides is 1. The number of nitrogens with zero attached hydrogens (tertiary/aromatic N) is 1. The number of carbonyl (C=O) groups is 2. The molecule has 1 saturated heterocycles. The monoisotopic (exact) mass is 485 g/mol. The second kappa shape index (κ2) is 8.05. The van der Waals surface area contributed by atoms with Crippen molar-refractivity contribution in [3.63, 3.8) is 0 Å². The van der Waals surface area contributed by atoms with E-state index >= 15 is 0 Å². The Labute approximate surface area is 185 Å². The summed E-state index contributed by atoms with van der Waals surface area (Å²) in [7, 11) is 0. The first-order valence-corrected chi connectivity index (χ1v) is 10.1. The number of Topliss-reactive ketones (excluding diaryl/α,β-unsaturated/α-hetero) is 1. The lowest BCUT2D eigenvalue weighted by atomic mass is 9.95. The lowest BCUT2D eigenvalue weighted by Gasteiger charge is -2.25. The van der Waals surface area contributed by atoms with E-state index in [4.69, 9.17) is 11.6 Å². The van der Waals surface area contributed by atoms with Gasteiger partial charge in [-0.2, -0.15) is 0 Å². The summed E-state index contributed by atoms with van der Waals surface area (Å²) in [5, 5.41) is 11.4. The second-order valence-corrected chi connectivity index (χ2v) is 8.06. The van der Waals surface area contributed by atoms with Gasteiger partial charge in [-0.05, 0) is 54.1 Å². The molecular weight excluding hydrogens is 473 g/mol. The summed E-state index contributed by atoms with van der Waals surface area (Å²) in [5.74, 6) is -2.35. The van der Waals surface area contributed by atoms with Crippen LogP contribution < -0.4 is 4.90 Å². The van der Waals surface area contributed by atoms with Crippen molar-refractivity contribution in [3.8, 4) is 0 Å². The molecule has 1 amide bonds. The molecule has 0 bridgehead atoms. The fraction of sp³-hybridized carbons (Fsp3) is 0.0435. The zero-order chi connectivity index (χ0) is 21.4. The molecule has 0 spiro atoms. The van der Waals surface area contributed by atoms with Gasteiger partial charge in [-0.15, -0.1) is 0 Å². The van der Waals surface area contributed by atoms with Crippen LogP contribution in [0.2, 0.25) is 5.02 Å². The maximum absolute atomic E-state index is 13.5. The predicted molar refractivity (Wildman–Crippen MR) is 117 cm³/mol. The number of aliphatic hydroxyl groups excluding tert-OH is 1. The topological polar surface area (TPSA) is 57.6 Å². The summed E-state index contributed by atoms with van der Waals surface area (Å²) in [6, 6.07) is 17.7. The molecule has 1 unspecified atom stereocenters. The van der Waals surface area contributed by atoms with Gasteiger partial charge in [-0.1, -0.05) is 51.8 Å². The van der Waals surface area contributed by atoms with E-state index in [1.165, 1.54) is 29.2 Å². The number of hydrogen-bond acceptors (Lipinski definition) is 3. The average molecular weight is 487 g/mol. The quantitative estimate of drug-likeness (QED) is 0.286. The SMILES string of the molecule is O=C1C(=O)N(c2ccc(Cl)cc2)C(c2ccc(F)cc2)/C1=C(\O)c1ccc(Br)cc1. The molecule has 0 aliphatic carbocycles. The Morgan fingerprint density at radius 3 is 2.13 bits per heavy atom. The molecule has 4 nitrogen and oxygen atoms in total. The van der Waals surface area contributed by atoms with Crippen molar-refractivity contribution in [2.45, 2.75) is 6.04 Å². The van der Waals surface area contributed by atoms with Crippen molar-refractivity contribution in [3.05, 3.63) is 105 Å². The van der Waals surface area contributed by atoms with E-state index in [9.17, 15) is 19.1 Å². The van der Waals surface area contributed by atoms with Gasteiger partial charge in [0.25, 0.3) is 11.7 Å². The van der Waals surface area contributed by atoms with Gasteiger partial charge < -0.3 is 5.11 Å². The normalized spacial score (nSPS) is 18.1. The number of benzene rings is 3. The molecule has 30 heavy (non-hydrogen) atoms. The van der Waals surface area contributed by atoms with Gasteiger partial charge in [0.1, 0.15) is 11.6 Å². The summed E-state index contributed by atoms with van der Waals surface area (Å²) in [4.78, 5) is 27.2. The number of rotatable bonds is 3. The molecule has 7 heteroatoms. The summed E-state index contributed by atoms with van der Waals surface area (Å²) in [5.41, 5.74) is 1.25. The van der Waals surface area contributed by atoms with Crippen molar-refractivity contribution in [1.82, 2.24) is 0 Å². The van der Waals surface area contributed by atoms with Gasteiger partial charge in [-0.25, -0.2) is 4.39 Å². The third-order valence-electron chi connectivity index (χ3n) is 4.85. The molecule has 0 radical (unpaired) electrons. The van der Waals surface area contributed by atoms with Crippen molar-refractivity contribution in [2.75, 3.05) is 4.90 Å². The zero-order valence-electron chi connectivity index (χ0n) is 15.4. The molecule has 150 valence electrons. The maximum atomic E-state index is 13.5. The van der Waals surface area contributed by atoms with Crippen LogP contribution in [0.15, 0.2) is 82.8 Å². The first-order chi connectivity index (χ1) is 14.4. The minimum absolute atomic E-state index is 0.0659. The molecule has 1 atom stereocenters. The average Bonchev–Trinajstić information content (AvgIpc) is 3.00. The van der Waals surface area contributed by atoms with E-state index in [1.807, 2.05) is 0 Å².